The van der Waals surface area contributed by atoms with Gasteiger partial charge in [0.05, 0.1) is 5.02 Å². The summed E-state index contributed by atoms with van der Waals surface area (Å²) in [6.45, 7) is 3.27. The second kappa shape index (κ2) is 8.58. The fourth-order valence-electron chi connectivity index (χ4n) is 3.95. The van der Waals surface area contributed by atoms with E-state index in [2.05, 4.69) is 10.5 Å². The molecule has 1 saturated heterocycles. The highest BCUT2D eigenvalue weighted by atomic mass is 35.5. The zero-order chi connectivity index (χ0) is 21.1. The van der Waals surface area contributed by atoms with Crippen LogP contribution in [-0.4, -0.2) is 30.8 Å². The highest BCUT2D eigenvalue weighted by Gasteiger charge is 2.35. The number of halogens is 2. The Morgan fingerprint density at radius 3 is 2.57 bits per heavy atom. The van der Waals surface area contributed by atoms with Crippen LogP contribution in [0.2, 0.25) is 5.02 Å². The lowest BCUT2D eigenvalue weighted by Crippen LogP contribution is -2.44. The third-order valence-electron chi connectivity index (χ3n) is 5.71. The average molecular weight is 429 g/mol. The maximum atomic E-state index is 13.4. The van der Waals surface area contributed by atoms with Gasteiger partial charge in [0.15, 0.2) is 0 Å². The predicted molar refractivity (Wildman–Crippen MR) is 112 cm³/mol. The van der Waals surface area contributed by atoms with Crippen molar-refractivity contribution in [3.63, 3.8) is 0 Å². The fraction of sp³-hybridized carbons (Fsp3) is 0.304. The van der Waals surface area contributed by atoms with Gasteiger partial charge in [-0.2, -0.15) is 0 Å². The van der Waals surface area contributed by atoms with E-state index in [-0.39, 0.29) is 17.1 Å². The number of benzene rings is 2. The number of amides is 1. The molecule has 0 saturated carbocycles. The third-order valence-corrected chi connectivity index (χ3v) is 6.04. The topological polar surface area (TPSA) is 64.4 Å². The largest absolute Gasteiger partial charge is 0.381 e. The summed E-state index contributed by atoms with van der Waals surface area (Å²) in [7, 11) is 0. The standard InChI is InChI=1S/C23H22ClFN2O3/c1-15-20(21(27-30-15)18-4-2-3-5-19(18)24)22(28)26-14-23(10-12-29-13-11-23)16-6-8-17(25)9-7-16/h2-9H,10-14H2,1H3,(H,26,28). The molecule has 30 heavy (non-hydrogen) atoms. The molecule has 3 aromatic rings. The summed E-state index contributed by atoms with van der Waals surface area (Å²) in [4.78, 5) is 13.2. The summed E-state index contributed by atoms with van der Waals surface area (Å²) in [6.07, 6.45) is 1.47. The van der Waals surface area contributed by atoms with Crippen molar-refractivity contribution in [2.45, 2.75) is 25.2 Å². The van der Waals surface area contributed by atoms with Crippen LogP contribution in [0.4, 0.5) is 4.39 Å². The van der Waals surface area contributed by atoms with E-state index in [4.69, 9.17) is 20.9 Å². The average Bonchev–Trinajstić information content (AvgIpc) is 3.15. The van der Waals surface area contributed by atoms with Crippen LogP contribution >= 0.6 is 11.6 Å². The van der Waals surface area contributed by atoms with E-state index in [1.807, 2.05) is 12.1 Å². The number of hydrogen-bond donors (Lipinski definition) is 1. The fourth-order valence-corrected chi connectivity index (χ4v) is 4.17. The number of nitrogens with zero attached hydrogens (tertiary/aromatic N) is 1. The van der Waals surface area contributed by atoms with Crippen molar-refractivity contribution in [3.8, 4) is 11.3 Å². The quantitative estimate of drug-likeness (QED) is 0.626. The van der Waals surface area contributed by atoms with Gasteiger partial charge < -0.3 is 14.6 Å². The zero-order valence-corrected chi connectivity index (χ0v) is 17.3. The number of rotatable bonds is 5. The summed E-state index contributed by atoms with van der Waals surface area (Å²) in [5.41, 5.74) is 2.08. The van der Waals surface area contributed by atoms with Crippen molar-refractivity contribution >= 4 is 17.5 Å². The van der Waals surface area contributed by atoms with Crippen LogP contribution in [0.3, 0.4) is 0 Å². The van der Waals surface area contributed by atoms with E-state index < -0.39 is 0 Å². The smallest absolute Gasteiger partial charge is 0.257 e. The molecule has 0 bridgehead atoms. The highest BCUT2D eigenvalue weighted by Crippen LogP contribution is 2.35. The first kappa shape index (κ1) is 20.6. The molecule has 156 valence electrons. The normalized spacial score (nSPS) is 15.7. The van der Waals surface area contributed by atoms with E-state index >= 15 is 0 Å². The molecular weight excluding hydrogens is 407 g/mol. The van der Waals surface area contributed by atoms with Crippen molar-refractivity contribution in [2.75, 3.05) is 19.8 Å². The molecule has 4 rings (SSSR count). The zero-order valence-electron chi connectivity index (χ0n) is 16.6. The van der Waals surface area contributed by atoms with E-state index in [0.29, 0.717) is 47.4 Å². The monoisotopic (exact) mass is 428 g/mol. The van der Waals surface area contributed by atoms with Gasteiger partial charge in [-0.05, 0) is 43.5 Å². The van der Waals surface area contributed by atoms with Gasteiger partial charge in [-0.1, -0.05) is 47.1 Å². The number of nitrogens with one attached hydrogen (secondary N) is 1. The predicted octanol–water partition coefficient (Wildman–Crippen LogP) is 4.92. The first-order valence-corrected chi connectivity index (χ1v) is 10.2. The van der Waals surface area contributed by atoms with Gasteiger partial charge in [0.2, 0.25) is 0 Å². The van der Waals surface area contributed by atoms with Gasteiger partial charge in [-0.3, -0.25) is 4.79 Å². The molecule has 1 aromatic heterocycles. The SMILES string of the molecule is Cc1onc(-c2ccccc2Cl)c1C(=O)NCC1(c2ccc(F)cc2)CCOCC1. The molecule has 2 aromatic carbocycles. The van der Waals surface area contributed by atoms with Crippen LogP contribution in [-0.2, 0) is 10.2 Å². The maximum Gasteiger partial charge on any atom is 0.257 e. The summed E-state index contributed by atoms with van der Waals surface area (Å²) in [5.74, 6) is -0.142. The molecule has 5 nitrogen and oxygen atoms in total. The number of ether oxygens (including phenoxy) is 1. The Labute approximate surface area is 179 Å². The molecule has 0 aliphatic carbocycles. The Morgan fingerprint density at radius 2 is 1.87 bits per heavy atom. The number of hydrogen-bond acceptors (Lipinski definition) is 4. The van der Waals surface area contributed by atoms with Crippen molar-refractivity contribution in [2.24, 2.45) is 0 Å². The minimum Gasteiger partial charge on any atom is -0.381 e. The molecule has 1 aliphatic rings. The molecule has 7 heteroatoms. The molecule has 2 heterocycles. The molecule has 0 spiro atoms. The Morgan fingerprint density at radius 1 is 1.17 bits per heavy atom. The Hall–Kier alpha value is -2.70. The first-order valence-electron chi connectivity index (χ1n) is 9.83. The first-order chi connectivity index (χ1) is 14.5. The van der Waals surface area contributed by atoms with E-state index in [0.717, 1.165) is 18.4 Å². The summed E-state index contributed by atoms with van der Waals surface area (Å²) >= 11 is 6.30. The van der Waals surface area contributed by atoms with Crippen LogP contribution in [0, 0.1) is 12.7 Å². The maximum absolute atomic E-state index is 13.4. The molecule has 0 atom stereocenters. The van der Waals surface area contributed by atoms with Crippen LogP contribution in [0.5, 0.6) is 0 Å². The van der Waals surface area contributed by atoms with E-state index in [1.165, 1.54) is 12.1 Å². The van der Waals surface area contributed by atoms with Gasteiger partial charge in [0.1, 0.15) is 22.8 Å². The summed E-state index contributed by atoms with van der Waals surface area (Å²) < 4.78 is 24.3. The minimum atomic E-state index is -0.322. The summed E-state index contributed by atoms with van der Waals surface area (Å²) in [6, 6.07) is 13.7. The molecule has 0 unspecified atom stereocenters. The molecule has 1 fully saturated rings. The van der Waals surface area contributed by atoms with E-state index in [9.17, 15) is 9.18 Å². The Bertz CT molecular complexity index is 1040. The molecule has 0 radical (unpaired) electrons. The lowest BCUT2D eigenvalue weighted by molar-refractivity contribution is 0.0487. The van der Waals surface area contributed by atoms with Crippen LogP contribution in [0.1, 0.15) is 34.5 Å². The van der Waals surface area contributed by atoms with Crippen molar-refractivity contribution < 1.29 is 18.4 Å². The third kappa shape index (κ3) is 3.98. The minimum absolute atomic E-state index is 0.281. The number of carbonyl (C=O) groups is 1. The van der Waals surface area contributed by atoms with E-state index in [1.54, 1.807) is 31.2 Å². The number of carbonyl (C=O) groups excluding carboxylic acids is 1. The lowest BCUT2D eigenvalue weighted by Gasteiger charge is -2.38. The van der Waals surface area contributed by atoms with Crippen molar-refractivity contribution in [1.29, 1.82) is 0 Å². The second-order valence-corrected chi connectivity index (χ2v) is 7.93. The Balaban J connectivity index is 1.60. The molecule has 1 aliphatic heterocycles. The Kier molecular flexibility index (Phi) is 5.88. The van der Waals surface area contributed by atoms with Gasteiger partial charge in [0, 0.05) is 30.7 Å². The molecule has 1 N–H and O–H groups in total. The summed E-state index contributed by atoms with van der Waals surface area (Å²) in [5, 5.41) is 7.61. The van der Waals surface area contributed by atoms with Gasteiger partial charge >= 0.3 is 0 Å². The highest BCUT2D eigenvalue weighted by molar-refractivity contribution is 6.33. The molecular formula is C23H22ClFN2O3. The second-order valence-electron chi connectivity index (χ2n) is 7.52. The van der Waals surface area contributed by atoms with Crippen LogP contribution in [0.15, 0.2) is 53.1 Å². The molecule has 1 amide bonds. The van der Waals surface area contributed by atoms with Gasteiger partial charge in [0.25, 0.3) is 5.91 Å². The van der Waals surface area contributed by atoms with Crippen molar-refractivity contribution in [3.05, 3.63) is 76.3 Å². The van der Waals surface area contributed by atoms with Crippen molar-refractivity contribution in [1.82, 2.24) is 10.5 Å². The lowest BCUT2D eigenvalue weighted by atomic mass is 9.74. The van der Waals surface area contributed by atoms with Gasteiger partial charge in [-0.25, -0.2) is 4.39 Å². The van der Waals surface area contributed by atoms with Crippen LogP contribution < -0.4 is 5.32 Å². The number of aryl methyl sites for hydroxylation is 1. The van der Waals surface area contributed by atoms with Crippen LogP contribution in [0.25, 0.3) is 11.3 Å². The number of aromatic nitrogens is 1. The van der Waals surface area contributed by atoms with Gasteiger partial charge in [-0.15, -0.1) is 0 Å².